The van der Waals surface area contributed by atoms with E-state index in [0.717, 1.165) is 0 Å². The van der Waals surface area contributed by atoms with E-state index >= 15 is 0 Å². The standard InChI is InChI=1S/6CH3.2H2O.2Ti/h6*1H3;2*1H2;;/q6*-1;;;+2;+4. The molecule has 0 aromatic rings. The molecule has 0 aromatic carbocycles. The summed E-state index contributed by atoms with van der Waals surface area (Å²) in [6, 6.07) is 0. The van der Waals surface area contributed by atoms with Gasteiger partial charge < -0.3 is 55.5 Å². The Kier molecular flexibility index (Phi) is 33200. The zero-order valence-electron chi connectivity index (χ0n) is 8.00. The number of hydrogen-bond donors (Lipinski definition) is 0. The van der Waals surface area contributed by atoms with E-state index in [4.69, 9.17) is 0 Å². The van der Waals surface area contributed by atoms with Crippen molar-refractivity contribution < 1.29 is 54.4 Å². The minimum absolute atomic E-state index is 0. The van der Waals surface area contributed by atoms with Crippen LogP contribution in [0.1, 0.15) is 0 Å². The number of rotatable bonds is 0. The Balaban J connectivity index is 0. The van der Waals surface area contributed by atoms with Crippen molar-refractivity contribution in [2.75, 3.05) is 0 Å². The van der Waals surface area contributed by atoms with E-state index < -0.39 is 0 Å². The van der Waals surface area contributed by atoms with Gasteiger partial charge in [-0.15, -0.1) is 0 Å². The third-order valence-electron chi connectivity index (χ3n) is 0. The zero-order chi connectivity index (χ0) is 0. The smallest absolute Gasteiger partial charge is 0.412 e. The Morgan fingerprint density at radius 3 is 0.400 bits per heavy atom. The van der Waals surface area contributed by atoms with Crippen molar-refractivity contribution >= 4 is 0 Å². The van der Waals surface area contributed by atoms with Crippen molar-refractivity contribution in [2.24, 2.45) is 0 Å². The van der Waals surface area contributed by atoms with E-state index in [1.807, 2.05) is 0 Å². The second kappa shape index (κ2) is 497. The predicted molar refractivity (Wildman–Crippen MR) is 45.7 cm³/mol. The maximum Gasteiger partial charge on any atom is 4.00 e. The summed E-state index contributed by atoms with van der Waals surface area (Å²) < 4.78 is 0. The van der Waals surface area contributed by atoms with Crippen LogP contribution in [0.25, 0.3) is 0 Å². The SMILES string of the molecule is O.O.[CH3-].[CH3-].[CH3-].[CH3-].[CH3-].[CH3-].[Ti+2].[Ti+4]. The summed E-state index contributed by atoms with van der Waals surface area (Å²) >= 11 is 0. The summed E-state index contributed by atoms with van der Waals surface area (Å²) in [6.07, 6.45) is 0. The molecule has 10 heavy (non-hydrogen) atoms. The first-order valence-electron chi connectivity index (χ1n) is 0. The van der Waals surface area contributed by atoms with E-state index in [2.05, 4.69) is 0 Å². The van der Waals surface area contributed by atoms with Crippen molar-refractivity contribution in [2.45, 2.75) is 0 Å². The van der Waals surface area contributed by atoms with Crippen LogP contribution < -0.4 is 0 Å². The maximum atomic E-state index is 0. The fourth-order valence-electron chi connectivity index (χ4n) is 0. The molecule has 66 valence electrons. The molecule has 0 aromatic heterocycles. The summed E-state index contributed by atoms with van der Waals surface area (Å²) in [5, 5.41) is 0. The van der Waals surface area contributed by atoms with Gasteiger partial charge in [0.25, 0.3) is 0 Å². The van der Waals surface area contributed by atoms with Gasteiger partial charge in [0.15, 0.2) is 0 Å². The molecular formula is C6H22O2Ti2. The molecule has 0 saturated carbocycles. The van der Waals surface area contributed by atoms with Gasteiger partial charge in [0.05, 0.1) is 0 Å². The topological polar surface area (TPSA) is 63.0 Å². The normalized spacial score (nSPS) is 0. The Labute approximate surface area is 98.6 Å². The Morgan fingerprint density at radius 2 is 0.400 bits per heavy atom. The predicted octanol–water partition coefficient (Wildman–Crippen LogP) is 1.05. The Hall–Kier alpha value is 1.35. The van der Waals surface area contributed by atoms with E-state index in [-0.39, 0.29) is 98.9 Å². The van der Waals surface area contributed by atoms with Crippen LogP contribution in [0.5, 0.6) is 0 Å². The van der Waals surface area contributed by atoms with Crippen LogP contribution >= 0.6 is 0 Å². The van der Waals surface area contributed by atoms with Crippen molar-refractivity contribution in [1.29, 1.82) is 0 Å². The van der Waals surface area contributed by atoms with Gasteiger partial charge in [0, 0.05) is 0 Å². The van der Waals surface area contributed by atoms with Gasteiger partial charge in [-0.05, 0) is 0 Å². The monoisotopic (exact) mass is 222 g/mol. The van der Waals surface area contributed by atoms with Gasteiger partial charge in [-0.2, -0.15) is 0 Å². The largest absolute Gasteiger partial charge is 4.00 e. The van der Waals surface area contributed by atoms with Crippen molar-refractivity contribution in [3.8, 4) is 0 Å². The average Bonchev–Trinajstić information content (AvgIpc) is 0. The van der Waals surface area contributed by atoms with Gasteiger partial charge in [0.1, 0.15) is 0 Å². The molecule has 2 nitrogen and oxygen atoms in total. The van der Waals surface area contributed by atoms with Crippen LogP contribution in [0.3, 0.4) is 0 Å². The van der Waals surface area contributed by atoms with Crippen molar-refractivity contribution in [1.82, 2.24) is 0 Å². The molecule has 0 radical (unpaired) electrons. The summed E-state index contributed by atoms with van der Waals surface area (Å²) in [5.41, 5.74) is 0. The fourth-order valence-corrected chi connectivity index (χ4v) is 0. The molecule has 4 heteroatoms. The summed E-state index contributed by atoms with van der Waals surface area (Å²) in [6.45, 7) is 0. The Morgan fingerprint density at radius 1 is 0.400 bits per heavy atom. The minimum Gasteiger partial charge on any atom is -0.412 e. The van der Waals surface area contributed by atoms with Crippen LogP contribution in [0, 0.1) is 44.6 Å². The molecule has 0 rings (SSSR count). The molecule has 0 spiro atoms. The van der Waals surface area contributed by atoms with Gasteiger partial charge in [-0.1, -0.05) is 0 Å². The van der Waals surface area contributed by atoms with E-state index in [0.29, 0.717) is 0 Å². The zero-order valence-corrected chi connectivity index (χ0v) is 11.1. The summed E-state index contributed by atoms with van der Waals surface area (Å²) in [5.74, 6) is 0. The van der Waals surface area contributed by atoms with Gasteiger partial charge in [0.2, 0.25) is 0 Å². The first-order valence-corrected chi connectivity index (χ1v) is 0. The van der Waals surface area contributed by atoms with E-state index in [1.165, 1.54) is 0 Å². The second-order valence-electron chi connectivity index (χ2n) is 0. The van der Waals surface area contributed by atoms with Crippen LogP contribution in [0.2, 0.25) is 0 Å². The molecule has 4 N–H and O–H groups in total. The van der Waals surface area contributed by atoms with Gasteiger partial charge in [-0.3, -0.25) is 0 Å². The fraction of sp³-hybridized carbons (Fsp3) is 0. The van der Waals surface area contributed by atoms with Crippen LogP contribution in [0.15, 0.2) is 0 Å². The number of hydrogen-bond acceptors (Lipinski definition) is 0. The summed E-state index contributed by atoms with van der Waals surface area (Å²) in [4.78, 5) is 0. The molecule has 0 aliphatic carbocycles. The van der Waals surface area contributed by atoms with Crippen LogP contribution in [-0.4, -0.2) is 11.0 Å². The molecule has 0 bridgehead atoms. The van der Waals surface area contributed by atoms with E-state index in [9.17, 15) is 0 Å². The molecule has 0 saturated heterocycles. The quantitative estimate of drug-likeness (QED) is 0.434. The first kappa shape index (κ1) is 668. The maximum absolute atomic E-state index is 0. The molecule has 0 unspecified atom stereocenters. The van der Waals surface area contributed by atoms with Crippen molar-refractivity contribution in [3.05, 3.63) is 44.6 Å². The third-order valence-corrected chi connectivity index (χ3v) is 0. The molecule has 0 atom stereocenters. The third kappa shape index (κ3) is 358. The van der Waals surface area contributed by atoms with Gasteiger partial charge >= 0.3 is 43.4 Å². The molecule has 0 aliphatic rings. The molecular weight excluding hydrogens is 200 g/mol. The van der Waals surface area contributed by atoms with Gasteiger partial charge in [-0.25, -0.2) is 0 Å². The van der Waals surface area contributed by atoms with Crippen molar-refractivity contribution in [3.63, 3.8) is 0 Å². The van der Waals surface area contributed by atoms with Crippen LogP contribution in [0.4, 0.5) is 0 Å². The first-order chi connectivity index (χ1) is 0. The minimum atomic E-state index is 0. The molecule has 0 heterocycles. The molecule has 0 amide bonds. The Bertz CT molecular complexity index is 13.7. The summed E-state index contributed by atoms with van der Waals surface area (Å²) in [7, 11) is 0. The van der Waals surface area contributed by atoms with E-state index in [1.54, 1.807) is 0 Å². The molecule has 0 fully saturated rings. The average molecular weight is 222 g/mol. The van der Waals surface area contributed by atoms with Crippen LogP contribution in [-0.2, 0) is 43.4 Å². The molecule has 0 aliphatic heterocycles. The second-order valence-corrected chi connectivity index (χ2v) is 0.